The minimum Gasteiger partial charge on any atom is -0.467 e. The summed E-state index contributed by atoms with van der Waals surface area (Å²) in [7, 11) is 2.63. The second-order valence-electron chi connectivity index (χ2n) is 5.60. The van der Waals surface area contributed by atoms with Crippen LogP contribution in [0.5, 0.6) is 0 Å². The highest BCUT2D eigenvalue weighted by molar-refractivity contribution is 6.26. The highest BCUT2D eigenvalue weighted by atomic mass is 16.6. The first-order valence-electron chi connectivity index (χ1n) is 8.23. The molecule has 0 aromatic heterocycles. The number of methoxy groups -OCH3 is 1. The molecule has 26 heavy (non-hydrogen) atoms. The first-order chi connectivity index (χ1) is 12.6. The normalized spacial score (nSPS) is 11.8. The number of hydrogen-bond acceptors (Lipinski definition) is 5. The molecule has 1 amide bonds. The van der Waals surface area contributed by atoms with Crippen LogP contribution in [0.15, 0.2) is 59.8 Å². The van der Waals surface area contributed by atoms with Crippen molar-refractivity contribution in [2.75, 3.05) is 14.2 Å². The van der Waals surface area contributed by atoms with Gasteiger partial charge in [-0.15, -0.1) is 0 Å². The van der Waals surface area contributed by atoms with Gasteiger partial charge in [-0.3, -0.25) is 4.79 Å². The van der Waals surface area contributed by atoms with Crippen LogP contribution in [0.25, 0.3) is 11.1 Å². The van der Waals surface area contributed by atoms with Gasteiger partial charge < -0.3 is 14.9 Å². The zero-order valence-electron chi connectivity index (χ0n) is 14.8. The van der Waals surface area contributed by atoms with Gasteiger partial charge in [-0.2, -0.15) is 0 Å². The molecule has 2 aromatic carbocycles. The molecule has 6 heteroatoms. The van der Waals surface area contributed by atoms with Crippen molar-refractivity contribution in [3.05, 3.63) is 60.2 Å². The molecular weight excluding hydrogens is 332 g/mol. The molecule has 0 heterocycles. The summed E-state index contributed by atoms with van der Waals surface area (Å²) in [5.74, 6) is -1.01. The predicted molar refractivity (Wildman–Crippen MR) is 99.6 cm³/mol. The molecular formula is C20H22N2O4. The van der Waals surface area contributed by atoms with Gasteiger partial charge in [0.25, 0.3) is 5.91 Å². The molecule has 0 fully saturated rings. The first-order valence-corrected chi connectivity index (χ1v) is 8.23. The third-order valence-electron chi connectivity index (χ3n) is 3.86. The monoisotopic (exact) mass is 354 g/mol. The van der Waals surface area contributed by atoms with E-state index in [4.69, 9.17) is 4.74 Å². The molecule has 0 radical (unpaired) electrons. The molecule has 0 aliphatic carbocycles. The summed E-state index contributed by atoms with van der Waals surface area (Å²) >= 11 is 0. The number of ether oxygens (including phenoxy) is 1. The lowest BCUT2D eigenvalue weighted by Gasteiger charge is -2.15. The molecule has 0 aliphatic rings. The van der Waals surface area contributed by atoms with Crippen molar-refractivity contribution in [2.24, 2.45) is 5.16 Å². The Morgan fingerprint density at radius 2 is 1.69 bits per heavy atom. The van der Waals surface area contributed by atoms with Crippen molar-refractivity contribution >= 4 is 18.1 Å². The summed E-state index contributed by atoms with van der Waals surface area (Å²) in [4.78, 5) is 28.0. The van der Waals surface area contributed by atoms with Gasteiger partial charge in [0.15, 0.2) is 0 Å². The SMILES string of the molecule is CO/N=C/C(=O)N[C@@H](CCc1ccc(-c2ccccc2)cc1)C(=O)OC. The van der Waals surface area contributed by atoms with Gasteiger partial charge in [0.2, 0.25) is 0 Å². The van der Waals surface area contributed by atoms with Crippen LogP contribution in [0.3, 0.4) is 0 Å². The van der Waals surface area contributed by atoms with Crippen molar-refractivity contribution in [2.45, 2.75) is 18.9 Å². The molecule has 0 unspecified atom stereocenters. The molecule has 0 bridgehead atoms. The fraction of sp³-hybridized carbons (Fsp3) is 0.250. The van der Waals surface area contributed by atoms with E-state index in [0.29, 0.717) is 12.8 Å². The zero-order chi connectivity index (χ0) is 18.8. The summed E-state index contributed by atoms with van der Waals surface area (Å²) in [6.07, 6.45) is 2.02. The molecule has 6 nitrogen and oxygen atoms in total. The number of aryl methyl sites for hydroxylation is 1. The number of rotatable bonds is 8. The Bertz CT molecular complexity index is 742. The van der Waals surface area contributed by atoms with Crippen molar-refractivity contribution in [3.8, 4) is 11.1 Å². The average molecular weight is 354 g/mol. The van der Waals surface area contributed by atoms with E-state index < -0.39 is 17.9 Å². The van der Waals surface area contributed by atoms with Crippen LogP contribution in [0.2, 0.25) is 0 Å². The molecule has 0 aliphatic heterocycles. The largest absolute Gasteiger partial charge is 0.467 e. The topological polar surface area (TPSA) is 77.0 Å². The molecule has 2 aromatic rings. The van der Waals surface area contributed by atoms with E-state index in [-0.39, 0.29) is 0 Å². The minimum absolute atomic E-state index is 0.421. The summed E-state index contributed by atoms with van der Waals surface area (Å²) in [5, 5.41) is 5.94. The maximum absolute atomic E-state index is 11.9. The van der Waals surface area contributed by atoms with Crippen LogP contribution >= 0.6 is 0 Å². The third kappa shape index (κ3) is 5.73. The van der Waals surface area contributed by atoms with Gasteiger partial charge in [0.05, 0.1) is 7.11 Å². The quantitative estimate of drug-likeness (QED) is 0.449. The number of carbonyl (C=O) groups is 2. The molecule has 0 saturated heterocycles. The Morgan fingerprint density at radius 1 is 1.04 bits per heavy atom. The third-order valence-corrected chi connectivity index (χ3v) is 3.86. The molecule has 0 saturated carbocycles. The van der Waals surface area contributed by atoms with Gasteiger partial charge in [-0.25, -0.2) is 4.79 Å². The zero-order valence-corrected chi connectivity index (χ0v) is 14.8. The van der Waals surface area contributed by atoms with Crippen molar-refractivity contribution in [1.82, 2.24) is 5.32 Å². The van der Waals surface area contributed by atoms with E-state index in [2.05, 4.69) is 27.4 Å². The number of amides is 1. The summed E-state index contributed by atoms with van der Waals surface area (Å²) in [5.41, 5.74) is 3.34. The summed E-state index contributed by atoms with van der Waals surface area (Å²) < 4.78 is 4.75. The molecule has 1 atom stereocenters. The van der Waals surface area contributed by atoms with Gasteiger partial charge in [-0.05, 0) is 29.5 Å². The van der Waals surface area contributed by atoms with Crippen molar-refractivity contribution in [1.29, 1.82) is 0 Å². The fourth-order valence-corrected chi connectivity index (χ4v) is 2.51. The number of benzene rings is 2. The molecule has 1 N–H and O–H groups in total. The van der Waals surface area contributed by atoms with Crippen LogP contribution in [0.4, 0.5) is 0 Å². The number of nitrogens with one attached hydrogen (secondary N) is 1. The van der Waals surface area contributed by atoms with Crippen LogP contribution < -0.4 is 5.32 Å². The van der Waals surface area contributed by atoms with Crippen LogP contribution in [-0.2, 0) is 25.6 Å². The number of oxime groups is 1. The van der Waals surface area contributed by atoms with E-state index >= 15 is 0 Å². The predicted octanol–water partition coefficient (Wildman–Crippen LogP) is 2.58. The fourth-order valence-electron chi connectivity index (χ4n) is 2.51. The van der Waals surface area contributed by atoms with Crippen LogP contribution in [0, 0.1) is 0 Å². The maximum Gasteiger partial charge on any atom is 0.328 e. The first kappa shape index (κ1) is 19.2. The van der Waals surface area contributed by atoms with Crippen LogP contribution in [-0.4, -0.2) is 38.4 Å². The van der Waals surface area contributed by atoms with Crippen molar-refractivity contribution in [3.63, 3.8) is 0 Å². The smallest absolute Gasteiger partial charge is 0.328 e. The Balaban J connectivity index is 1.98. The second kappa shape index (κ2) is 9.98. The lowest BCUT2D eigenvalue weighted by Crippen LogP contribution is -2.42. The minimum atomic E-state index is -0.746. The molecule has 0 spiro atoms. The van der Waals surface area contributed by atoms with Gasteiger partial charge in [-0.1, -0.05) is 59.8 Å². The highest BCUT2D eigenvalue weighted by Crippen LogP contribution is 2.20. The van der Waals surface area contributed by atoms with E-state index in [0.717, 1.165) is 22.9 Å². The maximum atomic E-state index is 11.9. The second-order valence-corrected chi connectivity index (χ2v) is 5.60. The lowest BCUT2D eigenvalue weighted by molar-refractivity contribution is -0.144. The number of carbonyl (C=O) groups excluding carboxylic acids is 2. The lowest BCUT2D eigenvalue weighted by atomic mass is 10.0. The average Bonchev–Trinajstić information content (AvgIpc) is 2.70. The standard InChI is InChI=1S/C20H22N2O4/c1-25-20(24)18(22-19(23)14-21-26-2)13-10-15-8-11-17(12-9-15)16-6-4-3-5-7-16/h3-9,11-12,14,18H,10,13H2,1-2H3,(H,22,23)/b21-14+/t18-/m0/s1. The van der Waals surface area contributed by atoms with E-state index in [9.17, 15) is 9.59 Å². The Morgan fingerprint density at radius 3 is 2.31 bits per heavy atom. The van der Waals surface area contributed by atoms with E-state index in [1.165, 1.54) is 14.2 Å². The van der Waals surface area contributed by atoms with Crippen molar-refractivity contribution < 1.29 is 19.2 Å². The van der Waals surface area contributed by atoms with E-state index in [1.807, 2.05) is 42.5 Å². The number of esters is 1. The Hall–Kier alpha value is -3.15. The van der Waals surface area contributed by atoms with E-state index in [1.54, 1.807) is 0 Å². The van der Waals surface area contributed by atoms with Gasteiger partial charge in [0, 0.05) is 0 Å². The van der Waals surface area contributed by atoms with Gasteiger partial charge >= 0.3 is 5.97 Å². The van der Waals surface area contributed by atoms with Gasteiger partial charge in [0.1, 0.15) is 19.4 Å². The van der Waals surface area contributed by atoms with Crippen LogP contribution in [0.1, 0.15) is 12.0 Å². The Labute approximate surface area is 152 Å². The number of hydrogen-bond donors (Lipinski definition) is 1. The number of nitrogens with zero attached hydrogens (tertiary/aromatic N) is 1. The molecule has 136 valence electrons. The summed E-state index contributed by atoms with van der Waals surface area (Å²) in [6, 6.07) is 17.5. The highest BCUT2D eigenvalue weighted by Gasteiger charge is 2.20. The molecule has 2 rings (SSSR count). The summed E-state index contributed by atoms with van der Waals surface area (Å²) in [6.45, 7) is 0. The Kier molecular flexibility index (Phi) is 7.36.